The minimum absolute atomic E-state index is 0.192. The molecule has 31 heavy (non-hydrogen) atoms. The average molecular weight is 422 g/mol. The summed E-state index contributed by atoms with van der Waals surface area (Å²) >= 11 is 0. The molecule has 166 valence electrons. The van der Waals surface area contributed by atoms with Crippen molar-refractivity contribution in [1.29, 1.82) is 0 Å². The van der Waals surface area contributed by atoms with Crippen LogP contribution in [0.1, 0.15) is 44.9 Å². The molecule has 4 rings (SSSR count). The molecule has 2 fully saturated rings. The van der Waals surface area contributed by atoms with Crippen LogP contribution >= 0.6 is 0 Å². The summed E-state index contributed by atoms with van der Waals surface area (Å²) in [6, 6.07) is 22.7. The lowest BCUT2D eigenvalue weighted by molar-refractivity contribution is -0.0414. The van der Waals surface area contributed by atoms with Gasteiger partial charge in [-0.1, -0.05) is 60.7 Å². The van der Waals surface area contributed by atoms with Crippen molar-refractivity contribution in [3.8, 4) is 0 Å². The van der Waals surface area contributed by atoms with Gasteiger partial charge in [0, 0.05) is 44.8 Å². The van der Waals surface area contributed by atoms with E-state index in [0.717, 1.165) is 32.7 Å². The summed E-state index contributed by atoms with van der Waals surface area (Å²) in [6.45, 7) is 12.4. The quantitative estimate of drug-likeness (QED) is 0.733. The molecule has 5 nitrogen and oxygen atoms in total. The van der Waals surface area contributed by atoms with E-state index in [1.54, 1.807) is 0 Å². The Labute approximate surface area is 186 Å². The fraction of sp³-hybridized carbons (Fsp3) is 0.500. The predicted octanol–water partition coefficient (Wildman–Crippen LogP) is 4.40. The van der Waals surface area contributed by atoms with Crippen LogP contribution in [0.3, 0.4) is 0 Å². The fourth-order valence-electron chi connectivity index (χ4n) is 4.80. The van der Waals surface area contributed by atoms with Crippen LogP contribution in [-0.4, -0.2) is 71.2 Å². The van der Waals surface area contributed by atoms with Crippen molar-refractivity contribution in [2.24, 2.45) is 0 Å². The maximum Gasteiger partial charge on any atom is 0.410 e. The Morgan fingerprint density at radius 1 is 0.903 bits per heavy atom. The molecular formula is C26H35N3O2. The first-order chi connectivity index (χ1) is 14.8. The molecule has 0 aliphatic carbocycles. The molecule has 0 spiro atoms. The van der Waals surface area contributed by atoms with Gasteiger partial charge in [-0.3, -0.25) is 9.80 Å². The summed E-state index contributed by atoms with van der Waals surface area (Å²) in [5, 5.41) is 0. The van der Waals surface area contributed by atoms with Crippen LogP contribution in [0.4, 0.5) is 4.79 Å². The van der Waals surface area contributed by atoms with Gasteiger partial charge in [-0.05, 0) is 38.8 Å². The third-order valence-electron chi connectivity index (χ3n) is 6.29. The zero-order chi connectivity index (χ0) is 22.0. The van der Waals surface area contributed by atoms with Crippen molar-refractivity contribution in [2.45, 2.75) is 51.4 Å². The SMILES string of the molecule is C[C@H]1CN(C(=O)OC(C)(C)C)CCN1C1CN(C(c2ccccc2)c2ccccc2)C1. The summed E-state index contributed by atoms with van der Waals surface area (Å²) in [5.41, 5.74) is 2.24. The summed E-state index contributed by atoms with van der Waals surface area (Å²) in [5.74, 6) is 0. The van der Waals surface area contributed by atoms with Crippen molar-refractivity contribution < 1.29 is 9.53 Å². The molecule has 2 aromatic carbocycles. The Hall–Kier alpha value is -2.37. The highest BCUT2D eigenvalue weighted by molar-refractivity contribution is 5.68. The van der Waals surface area contributed by atoms with Crippen LogP contribution in [0.15, 0.2) is 60.7 Å². The van der Waals surface area contributed by atoms with Gasteiger partial charge in [0.25, 0.3) is 0 Å². The summed E-state index contributed by atoms with van der Waals surface area (Å²) in [7, 11) is 0. The highest BCUT2D eigenvalue weighted by Crippen LogP contribution is 2.34. The largest absolute Gasteiger partial charge is 0.444 e. The number of likely N-dealkylation sites (tertiary alicyclic amines) is 1. The van der Waals surface area contributed by atoms with Gasteiger partial charge in [0.1, 0.15) is 5.60 Å². The van der Waals surface area contributed by atoms with E-state index >= 15 is 0 Å². The Morgan fingerprint density at radius 2 is 1.45 bits per heavy atom. The molecule has 0 N–H and O–H groups in total. The van der Waals surface area contributed by atoms with Crippen molar-refractivity contribution in [3.63, 3.8) is 0 Å². The molecule has 0 aromatic heterocycles. The van der Waals surface area contributed by atoms with Crippen molar-refractivity contribution in [3.05, 3.63) is 71.8 Å². The minimum atomic E-state index is -0.449. The third-order valence-corrected chi connectivity index (χ3v) is 6.29. The van der Waals surface area contributed by atoms with Crippen molar-refractivity contribution >= 4 is 6.09 Å². The monoisotopic (exact) mass is 421 g/mol. The molecule has 1 amide bonds. The molecule has 0 unspecified atom stereocenters. The number of amides is 1. The predicted molar refractivity (Wildman–Crippen MR) is 124 cm³/mol. The molecule has 1 atom stereocenters. The van der Waals surface area contributed by atoms with E-state index in [-0.39, 0.29) is 12.1 Å². The van der Waals surface area contributed by atoms with Gasteiger partial charge in [-0.25, -0.2) is 4.79 Å². The number of nitrogens with zero attached hydrogens (tertiary/aromatic N) is 3. The minimum Gasteiger partial charge on any atom is -0.444 e. The lowest BCUT2D eigenvalue weighted by Gasteiger charge is -2.53. The zero-order valence-corrected chi connectivity index (χ0v) is 19.2. The number of rotatable bonds is 4. The maximum absolute atomic E-state index is 12.5. The normalized spacial score (nSPS) is 21.2. The molecule has 0 radical (unpaired) electrons. The van der Waals surface area contributed by atoms with Crippen LogP contribution in [0, 0.1) is 0 Å². The second-order valence-corrected chi connectivity index (χ2v) is 9.84. The van der Waals surface area contributed by atoms with Crippen LogP contribution in [0.25, 0.3) is 0 Å². The summed E-state index contributed by atoms with van der Waals surface area (Å²) in [4.78, 5) is 19.5. The second kappa shape index (κ2) is 9.01. The first-order valence-electron chi connectivity index (χ1n) is 11.4. The number of piperazine rings is 1. The van der Waals surface area contributed by atoms with Crippen LogP contribution in [0.5, 0.6) is 0 Å². The number of hydrogen-bond acceptors (Lipinski definition) is 4. The molecule has 5 heteroatoms. The fourth-order valence-corrected chi connectivity index (χ4v) is 4.80. The number of hydrogen-bond donors (Lipinski definition) is 0. The van der Waals surface area contributed by atoms with E-state index < -0.39 is 5.60 Å². The summed E-state index contributed by atoms with van der Waals surface area (Å²) < 4.78 is 5.57. The van der Waals surface area contributed by atoms with Gasteiger partial charge in [0.15, 0.2) is 0 Å². The molecule has 2 saturated heterocycles. The lowest BCUT2D eigenvalue weighted by atomic mass is 9.92. The van der Waals surface area contributed by atoms with Crippen molar-refractivity contribution in [2.75, 3.05) is 32.7 Å². The van der Waals surface area contributed by atoms with E-state index in [2.05, 4.69) is 77.4 Å². The van der Waals surface area contributed by atoms with Gasteiger partial charge < -0.3 is 9.64 Å². The second-order valence-electron chi connectivity index (χ2n) is 9.84. The highest BCUT2D eigenvalue weighted by Gasteiger charge is 2.41. The van der Waals surface area contributed by atoms with Gasteiger partial charge >= 0.3 is 6.09 Å². The first-order valence-corrected chi connectivity index (χ1v) is 11.4. The topological polar surface area (TPSA) is 36.0 Å². The Bertz CT molecular complexity index is 820. The van der Waals surface area contributed by atoms with Crippen LogP contribution in [0.2, 0.25) is 0 Å². The smallest absolute Gasteiger partial charge is 0.410 e. The molecule has 2 aliphatic heterocycles. The highest BCUT2D eigenvalue weighted by atomic mass is 16.6. The lowest BCUT2D eigenvalue weighted by Crippen LogP contribution is -2.66. The van der Waals surface area contributed by atoms with E-state index in [0.29, 0.717) is 12.1 Å². The molecule has 0 saturated carbocycles. The number of carbonyl (C=O) groups excluding carboxylic acids is 1. The van der Waals surface area contributed by atoms with Crippen LogP contribution < -0.4 is 0 Å². The van der Waals surface area contributed by atoms with Crippen LogP contribution in [-0.2, 0) is 4.74 Å². The van der Waals surface area contributed by atoms with E-state index in [4.69, 9.17) is 4.74 Å². The van der Waals surface area contributed by atoms with Gasteiger partial charge in [-0.15, -0.1) is 0 Å². The Kier molecular flexibility index (Phi) is 6.35. The molecule has 0 bridgehead atoms. The van der Waals surface area contributed by atoms with Crippen molar-refractivity contribution in [1.82, 2.24) is 14.7 Å². The first kappa shape index (κ1) is 21.8. The van der Waals surface area contributed by atoms with E-state index in [9.17, 15) is 4.79 Å². The number of carbonyl (C=O) groups is 1. The Balaban J connectivity index is 1.38. The average Bonchev–Trinajstić information content (AvgIpc) is 2.71. The number of ether oxygens (including phenoxy) is 1. The zero-order valence-electron chi connectivity index (χ0n) is 19.2. The molecule has 2 heterocycles. The van der Waals surface area contributed by atoms with Gasteiger partial charge in [0.05, 0.1) is 6.04 Å². The van der Waals surface area contributed by atoms with E-state index in [1.807, 2.05) is 25.7 Å². The van der Waals surface area contributed by atoms with E-state index in [1.165, 1.54) is 11.1 Å². The van der Waals surface area contributed by atoms with Gasteiger partial charge in [-0.2, -0.15) is 0 Å². The molecular weight excluding hydrogens is 386 g/mol. The standard InChI is InChI=1S/C26H35N3O2/c1-20-17-27(25(30)31-26(2,3)4)15-16-29(20)23-18-28(19-23)24(21-11-7-5-8-12-21)22-13-9-6-10-14-22/h5-14,20,23-24H,15-19H2,1-4H3/t20-/m0/s1. The number of benzene rings is 2. The molecule has 2 aliphatic rings. The third kappa shape index (κ3) is 5.10. The summed E-state index contributed by atoms with van der Waals surface area (Å²) in [6.07, 6.45) is -0.192. The molecule has 2 aromatic rings. The Morgan fingerprint density at radius 3 is 1.94 bits per heavy atom. The van der Waals surface area contributed by atoms with Gasteiger partial charge in [0.2, 0.25) is 0 Å². The maximum atomic E-state index is 12.5.